The molecule has 1 atom stereocenters. The number of likely N-dealkylation sites (tertiary alicyclic amines) is 1. The Morgan fingerprint density at radius 2 is 2.25 bits per heavy atom. The highest BCUT2D eigenvalue weighted by Gasteiger charge is 2.27. The van der Waals surface area contributed by atoms with Gasteiger partial charge < -0.3 is 20.3 Å². The van der Waals surface area contributed by atoms with Crippen molar-refractivity contribution in [3.05, 3.63) is 53.7 Å². The van der Waals surface area contributed by atoms with E-state index in [1.54, 1.807) is 29.2 Å². The zero-order valence-corrected chi connectivity index (χ0v) is 15.5. The van der Waals surface area contributed by atoms with Gasteiger partial charge in [0.15, 0.2) is 0 Å². The number of ether oxygens (including phenoxy) is 1. The first kappa shape index (κ1) is 14.9. The number of anilines is 2. The highest BCUT2D eigenvalue weighted by atomic mass is 35.5. The quantitative estimate of drug-likeness (QED) is 0.717. The Morgan fingerprint density at radius 3 is 2.96 bits per heavy atom. The van der Waals surface area contributed by atoms with Crippen LogP contribution in [0, 0.1) is 0 Å². The predicted molar refractivity (Wildman–Crippen MR) is 107 cm³/mol. The summed E-state index contributed by atoms with van der Waals surface area (Å²) in [6, 6.07) is 6.28. The van der Waals surface area contributed by atoms with Crippen LogP contribution in [-0.2, 0) is 4.79 Å². The summed E-state index contributed by atoms with van der Waals surface area (Å²) in [6.45, 7) is 4.21. The monoisotopic (exact) mass is 405 g/mol. The Hall–Kier alpha value is -3.13. The molecule has 28 heavy (non-hydrogen) atoms. The van der Waals surface area contributed by atoms with Crippen molar-refractivity contribution in [3.63, 3.8) is 0 Å². The van der Waals surface area contributed by atoms with Gasteiger partial charge in [-0.2, -0.15) is 4.98 Å². The van der Waals surface area contributed by atoms with Crippen molar-refractivity contribution in [1.29, 1.82) is 0 Å². The van der Waals surface area contributed by atoms with Crippen LogP contribution in [0.25, 0.3) is 0 Å². The minimum Gasteiger partial charge on any atom is -0.480 e. The molecule has 0 saturated carbocycles. The van der Waals surface area contributed by atoms with Crippen LogP contribution in [0.15, 0.2) is 43.1 Å². The maximum absolute atomic E-state index is 12.8. The highest BCUT2D eigenvalue weighted by Crippen LogP contribution is 2.23. The molecular formula is C19H20ClN5O3. The van der Waals surface area contributed by atoms with Gasteiger partial charge in [-0.05, 0) is 36.8 Å². The molecule has 8 nitrogen and oxygen atoms in total. The van der Waals surface area contributed by atoms with Crippen molar-refractivity contribution in [3.8, 4) is 5.88 Å². The number of hydrogen-bond donors (Lipinski definition) is 2. The van der Waals surface area contributed by atoms with Gasteiger partial charge in [0.25, 0.3) is 5.91 Å². The van der Waals surface area contributed by atoms with Gasteiger partial charge in [0.2, 0.25) is 17.7 Å². The zero-order valence-electron chi connectivity index (χ0n) is 18.7. The first-order valence-electron chi connectivity index (χ1n) is 10.4. The van der Waals surface area contributed by atoms with Gasteiger partial charge in [0.1, 0.15) is 5.02 Å². The summed E-state index contributed by atoms with van der Waals surface area (Å²) in [5, 5.41) is 5.30. The van der Waals surface area contributed by atoms with Crippen LogP contribution in [0.2, 0.25) is 5.02 Å². The molecule has 0 bridgehead atoms. The number of amides is 2. The first-order valence-corrected chi connectivity index (χ1v) is 8.76. The third kappa shape index (κ3) is 4.58. The molecule has 2 N–H and O–H groups in total. The largest absolute Gasteiger partial charge is 0.480 e. The number of halogens is 1. The Balaban J connectivity index is 1.64. The second-order valence-electron chi connectivity index (χ2n) is 6.03. The molecular weight excluding hydrogens is 382 g/mol. The number of benzene rings is 1. The third-order valence-corrected chi connectivity index (χ3v) is 4.39. The van der Waals surface area contributed by atoms with Gasteiger partial charge in [0.05, 0.1) is 18.7 Å². The maximum atomic E-state index is 12.8. The molecule has 146 valence electrons. The molecule has 9 heteroatoms. The summed E-state index contributed by atoms with van der Waals surface area (Å²) in [7, 11) is -2.78. The number of rotatable bonds is 6. The molecule has 0 spiro atoms. The number of carbonyl (C=O) groups is 2. The molecule has 2 heterocycles. The zero-order chi connectivity index (χ0) is 23.5. The molecule has 1 unspecified atom stereocenters. The van der Waals surface area contributed by atoms with Gasteiger partial charge in [-0.25, -0.2) is 4.98 Å². The average molecular weight is 406 g/mol. The molecule has 3 rings (SSSR count). The van der Waals surface area contributed by atoms with E-state index in [-0.39, 0.29) is 35.0 Å². The van der Waals surface area contributed by atoms with Crippen molar-refractivity contribution >= 4 is 35.1 Å². The standard InChI is InChI=1S/C19H20ClN5O3/c1-3-16(26)22-13-6-4-12(5-7-13)18(27)25-9-8-14(11-25)23-19-21-10-15(20)17(24-19)28-2/h3-7,10,14H,1,8-9,11H2,2H3,(H,22,26)(H,21,23,24)/i2D3,10D. The van der Waals surface area contributed by atoms with Gasteiger partial charge in [-0.15, -0.1) is 0 Å². The molecule has 1 aliphatic rings. The van der Waals surface area contributed by atoms with Gasteiger partial charge >= 0.3 is 0 Å². The molecule has 2 amide bonds. The van der Waals surface area contributed by atoms with E-state index >= 15 is 0 Å². The summed E-state index contributed by atoms with van der Waals surface area (Å²) < 4.78 is 34.1. The number of nitrogens with one attached hydrogen (secondary N) is 2. The van der Waals surface area contributed by atoms with Crippen LogP contribution < -0.4 is 15.4 Å². The summed E-state index contributed by atoms with van der Waals surface area (Å²) >= 11 is 5.87. The summed E-state index contributed by atoms with van der Waals surface area (Å²) in [5.74, 6) is -0.949. The Morgan fingerprint density at radius 1 is 1.46 bits per heavy atom. The smallest absolute Gasteiger partial charge is 0.253 e. The van der Waals surface area contributed by atoms with Crippen molar-refractivity contribution in [2.24, 2.45) is 0 Å². The first-order chi connectivity index (χ1) is 15.1. The normalized spacial score (nSPS) is 18.3. The summed E-state index contributed by atoms with van der Waals surface area (Å²) in [6.07, 6.45) is 1.37. The fourth-order valence-corrected chi connectivity index (χ4v) is 2.89. The average Bonchev–Trinajstić information content (AvgIpc) is 3.19. The van der Waals surface area contributed by atoms with Gasteiger partial charge in [0, 0.05) is 30.4 Å². The second-order valence-corrected chi connectivity index (χ2v) is 6.41. The Kier molecular flexibility index (Phi) is 4.62. The molecule has 1 aromatic heterocycles. The SMILES string of the molecule is [2H]c1nc(NC2CCN(C(=O)c3ccc(NC(=O)C=C)cc3)C2)nc(OC([2H])([2H])[2H])c1Cl. The fourth-order valence-electron chi connectivity index (χ4n) is 2.77. The van der Waals surface area contributed by atoms with Crippen molar-refractivity contribution in [2.45, 2.75) is 12.5 Å². The topological polar surface area (TPSA) is 96.5 Å². The molecule has 1 saturated heterocycles. The van der Waals surface area contributed by atoms with Crippen LogP contribution in [0.5, 0.6) is 5.88 Å². The Bertz CT molecular complexity index is 1030. The lowest BCUT2D eigenvalue weighted by Crippen LogP contribution is -2.31. The van der Waals surface area contributed by atoms with Crippen molar-refractivity contribution in [2.75, 3.05) is 30.8 Å². The number of hydrogen-bond acceptors (Lipinski definition) is 6. The number of carbonyl (C=O) groups excluding carboxylic acids is 2. The lowest BCUT2D eigenvalue weighted by Gasteiger charge is -2.17. The van der Waals surface area contributed by atoms with Crippen LogP contribution in [0.4, 0.5) is 11.6 Å². The van der Waals surface area contributed by atoms with E-state index in [1.807, 2.05) is 0 Å². The number of nitrogens with zero attached hydrogens (tertiary/aromatic N) is 3. The van der Waals surface area contributed by atoms with Crippen LogP contribution >= 0.6 is 11.6 Å². The number of aromatic nitrogens is 2. The lowest BCUT2D eigenvalue weighted by atomic mass is 10.2. The van der Waals surface area contributed by atoms with E-state index in [0.29, 0.717) is 30.8 Å². The van der Waals surface area contributed by atoms with Crippen molar-refractivity contribution < 1.29 is 19.8 Å². The maximum Gasteiger partial charge on any atom is 0.253 e. The van der Waals surface area contributed by atoms with Crippen LogP contribution in [-0.4, -0.2) is 52.9 Å². The minimum absolute atomic E-state index is 0.0136. The molecule has 1 aliphatic heterocycles. The number of methoxy groups -OCH3 is 1. The van der Waals surface area contributed by atoms with E-state index in [2.05, 4.69) is 27.2 Å². The Labute approximate surface area is 173 Å². The molecule has 1 aromatic carbocycles. The summed E-state index contributed by atoms with van der Waals surface area (Å²) in [4.78, 5) is 33.6. The third-order valence-electron chi connectivity index (χ3n) is 4.15. The minimum atomic E-state index is -2.78. The van der Waals surface area contributed by atoms with E-state index in [4.69, 9.17) is 21.8 Å². The second kappa shape index (κ2) is 8.71. The fraction of sp³-hybridized carbons (Fsp3) is 0.263. The lowest BCUT2D eigenvalue weighted by molar-refractivity contribution is -0.111. The highest BCUT2D eigenvalue weighted by molar-refractivity contribution is 6.31. The van der Waals surface area contributed by atoms with Gasteiger partial charge in [-0.1, -0.05) is 18.2 Å². The molecule has 0 aliphatic carbocycles. The van der Waals surface area contributed by atoms with Gasteiger partial charge in [-0.3, -0.25) is 9.59 Å². The van der Waals surface area contributed by atoms with E-state index in [9.17, 15) is 9.59 Å². The van der Waals surface area contributed by atoms with Crippen LogP contribution in [0.1, 0.15) is 22.3 Å². The molecule has 0 radical (unpaired) electrons. The predicted octanol–water partition coefficient (Wildman–Crippen LogP) is 2.59. The molecule has 2 aromatic rings. The summed E-state index contributed by atoms with van der Waals surface area (Å²) in [5.41, 5.74) is 1.01. The van der Waals surface area contributed by atoms with E-state index < -0.39 is 12.9 Å². The van der Waals surface area contributed by atoms with Crippen molar-refractivity contribution in [1.82, 2.24) is 14.9 Å². The van der Waals surface area contributed by atoms with E-state index in [1.165, 1.54) is 0 Å². The van der Waals surface area contributed by atoms with Crippen LogP contribution in [0.3, 0.4) is 0 Å². The molecule has 1 fully saturated rings. The van der Waals surface area contributed by atoms with E-state index in [0.717, 1.165) is 6.08 Å².